The van der Waals surface area contributed by atoms with Crippen molar-refractivity contribution in [2.24, 2.45) is 0 Å². The third kappa shape index (κ3) is 5.37. The minimum atomic E-state index is -1.33. The third-order valence-corrected chi connectivity index (χ3v) is 4.09. The molecule has 0 spiro atoms. The molecule has 1 atom stereocenters. The second kappa shape index (κ2) is 8.57. The molecule has 112 valence electrons. The number of hydrogen-bond acceptors (Lipinski definition) is 6. The standard InChI is InChI=1S/C13H22N2O3PS/c1-6-16-13(17-7-2)19(20)18-11-8-10(5)14-12(15-11)9(3)4/h8-9,13H,6-7H2,1-5H3/q+1. The minimum absolute atomic E-state index is 0.239. The van der Waals surface area contributed by atoms with Gasteiger partial charge < -0.3 is 9.47 Å². The number of aromatic nitrogens is 2. The summed E-state index contributed by atoms with van der Waals surface area (Å²) in [4.78, 5) is 8.76. The van der Waals surface area contributed by atoms with Gasteiger partial charge in [-0.15, -0.1) is 0 Å². The van der Waals surface area contributed by atoms with Crippen LogP contribution in [0.5, 0.6) is 5.88 Å². The summed E-state index contributed by atoms with van der Waals surface area (Å²) in [5.74, 6) is 1.48. The molecule has 0 bridgehead atoms. The predicted molar refractivity (Wildman–Crippen MR) is 82.8 cm³/mol. The summed E-state index contributed by atoms with van der Waals surface area (Å²) in [7, 11) is 0. The van der Waals surface area contributed by atoms with Gasteiger partial charge in [-0.1, -0.05) is 13.8 Å². The van der Waals surface area contributed by atoms with Crippen LogP contribution in [0.15, 0.2) is 6.07 Å². The van der Waals surface area contributed by atoms with Crippen LogP contribution < -0.4 is 4.52 Å². The Morgan fingerprint density at radius 1 is 1.20 bits per heavy atom. The van der Waals surface area contributed by atoms with E-state index in [0.717, 1.165) is 11.5 Å². The zero-order chi connectivity index (χ0) is 15.1. The van der Waals surface area contributed by atoms with E-state index in [9.17, 15) is 0 Å². The molecule has 0 aliphatic rings. The Hall–Kier alpha value is -0.680. The van der Waals surface area contributed by atoms with Crippen molar-refractivity contribution in [1.82, 2.24) is 9.97 Å². The van der Waals surface area contributed by atoms with E-state index < -0.39 is 13.0 Å². The van der Waals surface area contributed by atoms with E-state index >= 15 is 0 Å². The van der Waals surface area contributed by atoms with Crippen molar-refractivity contribution in [2.75, 3.05) is 13.2 Å². The van der Waals surface area contributed by atoms with Crippen LogP contribution >= 0.6 is 6.92 Å². The Labute approximate surface area is 126 Å². The summed E-state index contributed by atoms with van der Waals surface area (Å²) in [5.41, 5.74) is 0.862. The molecule has 1 rings (SSSR count). The fourth-order valence-electron chi connectivity index (χ4n) is 1.46. The lowest BCUT2D eigenvalue weighted by molar-refractivity contribution is -0.0798. The van der Waals surface area contributed by atoms with Gasteiger partial charge in [0.15, 0.2) is 0 Å². The maximum absolute atomic E-state index is 5.73. The van der Waals surface area contributed by atoms with Crippen LogP contribution in [0.1, 0.15) is 45.1 Å². The molecule has 0 radical (unpaired) electrons. The smallest absolute Gasteiger partial charge is 0.312 e. The molecule has 1 heterocycles. The van der Waals surface area contributed by atoms with Gasteiger partial charge >= 0.3 is 13.0 Å². The first-order valence-electron chi connectivity index (χ1n) is 6.71. The largest absolute Gasteiger partial charge is 0.453 e. The highest BCUT2D eigenvalue weighted by Gasteiger charge is 2.31. The molecule has 0 aliphatic carbocycles. The van der Waals surface area contributed by atoms with E-state index in [1.165, 1.54) is 0 Å². The molecule has 20 heavy (non-hydrogen) atoms. The predicted octanol–water partition coefficient (Wildman–Crippen LogP) is 3.50. The van der Waals surface area contributed by atoms with Gasteiger partial charge in [0, 0.05) is 17.7 Å². The summed E-state index contributed by atoms with van der Waals surface area (Å²) in [6.07, 6.45) is 0. The summed E-state index contributed by atoms with van der Waals surface area (Å²) in [6.45, 7) is 9.52. The molecule has 1 unspecified atom stereocenters. The van der Waals surface area contributed by atoms with Crippen LogP contribution in [0.2, 0.25) is 0 Å². The van der Waals surface area contributed by atoms with E-state index in [1.807, 2.05) is 34.6 Å². The van der Waals surface area contributed by atoms with Crippen molar-refractivity contribution in [3.8, 4) is 5.88 Å². The Morgan fingerprint density at radius 3 is 2.30 bits per heavy atom. The zero-order valence-electron chi connectivity index (χ0n) is 12.6. The van der Waals surface area contributed by atoms with Crippen molar-refractivity contribution in [1.29, 1.82) is 0 Å². The van der Waals surface area contributed by atoms with Gasteiger partial charge in [-0.05, 0) is 20.8 Å². The van der Waals surface area contributed by atoms with Crippen LogP contribution in [-0.4, -0.2) is 29.2 Å². The monoisotopic (exact) mass is 317 g/mol. The van der Waals surface area contributed by atoms with Gasteiger partial charge in [0.1, 0.15) is 5.82 Å². The van der Waals surface area contributed by atoms with E-state index in [-0.39, 0.29) is 5.92 Å². The number of ether oxygens (including phenoxy) is 2. The van der Waals surface area contributed by atoms with Gasteiger partial charge in [-0.2, -0.15) is 4.98 Å². The molecule has 0 saturated heterocycles. The first-order valence-corrected chi connectivity index (χ1v) is 9.05. The van der Waals surface area contributed by atoms with Crippen LogP contribution in [0.4, 0.5) is 0 Å². The second-order valence-corrected chi connectivity index (χ2v) is 6.71. The Balaban J connectivity index is 2.83. The highest BCUT2D eigenvalue weighted by Crippen LogP contribution is 2.33. The van der Waals surface area contributed by atoms with Crippen LogP contribution in [0.25, 0.3) is 0 Å². The van der Waals surface area contributed by atoms with Gasteiger partial charge in [0.05, 0.1) is 13.2 Å². The highest BCUT2D eigenvalue weighted by atomic mass is 32.4. The fraction of sp³-hybridized carbons (Fsp3) is 0.692. The summed E-state index contributed by atoms with van der Waals surface area (Å²) in [6, 6.07) is 1.27. The summed E-state index contributed by atoms with van der Waals surface area (Å²) in [5, 5.41) is 0. The molecule has 5 nitrogen and oxygen atoms in total. The first-order chi connectivity index (χ1) is 9.47. The zero-order valence-corrected chi connectivity index (χ0v) is 14.3. The fourth-order valence-corrected chi connectivity index (χ4v) is 2.96. The van der Waals surface area contributed by atoms with E-state index in [1.54, 1.807) is 6.07 Å². The van der Waals surface area contributed by atoms with Gasteiger partial charge in [-0.3, -0.25) is 4.52 Å². The quantitative estimate of drug-likeness (QED) is 0.540. The number of nitrogens with zero attached hydrogens (tertiary/aromatic N) is 2. The molecule has 0 aliphatic heterocycles. The molecule has 0 amide bonds. The summed E-state index contributed by atoms with van der Waals surface area (Å²) < 4.78 is 16.6. The van der Waals surface area contributed by atoms with Gasteiger partial charge in [0.25, 0.3) is 5.88 Å². The SMILES string of the molecule is CCOC(OCC)[P+](=S)Oc1cc(C)nc(C(C)C)n1. The second-order valence-electron chi connectivity index (χ2n) is 4.45. The average Bonchev–Trinajstić information content (AvgIpc) is 2.37. The van der Waals surface area contributed by atoms with Crippen LogP contribution in [0, 0.1) is 6.92 Å². The maximum atomic E-state index is 5.73. The van der Waals surface area contributed by atoms with E-state index in [4.69, 9.17) is 25.8 Å². The van der Waals surface area contributed by atoms with Crippen LogP contribution in [-0.2, 0) is 21.3 Å². The number of hydrogen-bond donors (Lipinski definition) is 0. The van der Waals surface area contributed by atoms with Crippen LogP contribution in [0.3, 0.4) is 0 Å². The number of rotatable bonds is 8. The Bertz CT molecular complexity index is 451. The van der Waals surface area contributed by atoms with E-state index in [2.05, 4.69) is 9.97 Å². The van der Waals surface area contributed by atoms with Crippen molar-refractivity contribution in [3.63, 3.8) is 0 Å². The van der Waals surface area contributed by atoms with Crippen molar-refractivity contribution < 1.29 is 14.0 Å². The van der Waals surface area contributed by atoms with Crippen molar-refractivity contribution in [2.45, 2.75) is 46.6 Å². The maximum Gasteiger partial charge on any atom is 0.453 e. The molecule has 1 aromatic rings. The first kappa shape index (κ1) is 17.4. The Kier molecular flexibility index (Phi) is 7.45. The van der Waals surface area contributed by atoms with Crippen molar-refractivity contribution >= 4 is 18.7 Å². The third-order valence-electron chi connectivity index (χ3n) is 2.34. The Morgan fingerprint density at radius 2 is 1.80 bits per heavy atom. The molecule has 1 aromatic heterocycles. The molecule has 0 fully saturated rings. The van der Waals surface area contributed by atoms with E-state index in [0.29, 0.717) is 19.1 Å². The lowest BCUT2D eigenvalue weighted by Crippen LogP contribution is -2.15. The molecular formula is C13H22N2O3PS+. The highest BCUT2D eigenvalue weighted by molar-refractivity contribution is 8.03. The van der Waals surface area contributed by atoms with Gasteiger partial charge in [-0.25, -0.2) is 4.98 Å². The van der Waals surface area contributed by atoms with Crippen molar-refractivity contribution in [3.05, 3.63) is 17.6 Å². The minimum Gasteiger partial charge on any atom is -0.312 e. The lowest BCUT2D eigenvalue weighted by Gasteiger charge is -2.09. The lowest BCUT2D eigenvalue weighted by atomic mass is 10.2. The molecule has 0 N–H and O–H groups in total. The van der Waals surface area contributed by atoms with Gasteiger partial charge in [0.2, 0.25) is 11.8 Å². The average molecular weight is 317 g/mol. The summed E-state index contributed by atoms with van der Waals surface area (Å²) >= 11 is 5.36. The topological polar surface area (TPSA) is 53.5 Å². The normalized spacial score (nSPS) is 12.1. The molecule has 0 aromatic carbocycles. The number of aryl methyl sites for hydroxylation is 1. The molecule has 0 saturated carbocycles. The molecular weight excluding hydrogens is 295 g/mol. The molecule has 7 heteroatoms.